The van der Waals surface area contributed by atoms with Crippen LogP contribution >= 0.6 is 11.6 Å². The van der Waals surface area contributed by atoms with E-state index < -0.39 is 0 Å². The van der Waals surface area contributed by atoms with Crippen LogP contribution in [0.25, 0.3) is 0 Å². The standard InChI is InChI=1S/C13H10ClN3O/c14-9-3-1-8(2-4-9)13-15-11-6-5-10(17-18)7-12(11)16-13/h1-7,11-12H,(H,15,16)/t11-,12?/m1/s1. The van der Waals surface area contributed by atoms with E-state index in [0.29, 0.717) is 10.7 Å². The van der Waals surface area contributed by atoms with Gasteiger partial charge in [0.05, 0.1) is 12.1 Å². The molecule has 0 aromatic heterocycles. The van der Waals surface area contributed by atoms with Gasteiger partial charge in [-0.1, -0.05) is 17.7 Å². The van der Waals surface area contributed by atoms with Crippen molar-refractivity contribution in [3.63, 3.8) is 0 Å². The zero-order valence-corrected chi connectivity index (χ0v) is 10.1. The number of rotatable bonds is 2. The molecule has 2 aliphatic rings. The summed E-state index contributed by atoms with van der Waals surface area (Å²) in [7, 11) is 0. The summed E-state index contributed by atoms with van der Waals surface area (Å²) in [5.41, 5.74) is 1.42. The molecular weight excluding hydrogens is 250 g/mol. The van der Waals surface area contributed by atoms with Crippen molar-refractivity contribution in [3.8, 4) is 0 Å². The maximum absolute atomic E-state index is 10.5. The second kappa shape index (κ2) is 4.38. The normalized spacial score (nSPS) is 24.9. The van der Waals surface area contributed by atoms with Gasteiger partial charge in [0, 0.05) is 10.6 Å². The third-order valence-electron chi connectivity index (χ3n) is 2.99. The van der Waals surface area contributed by atoms with Gasteiger partial charge in [-0.05, 0) is 41.6 Å². The van der Waals surface area contributed by atoms with E-state index in [4.69, 9.17) is 11.6 Å². The lowest BCUT2D eigenvalue weighted by Crippen LogP contribution is -2.33. The Balaban J connectivity index is 1.86. The number of nitrogens with zero attached hydrogens (tertiary/aromatic N) is 2. The second-order valence-electron chi connectivity index (χ2n) is 4.19. The third-order valence-corrected chi connectivity index (χ3v) is 3.24. The first-order chi connectivity index (χ1) is 8.76. The van der Waals surface area contributed by atoms with Crippen molar-refractivity contribution >= 4 is 17.4 Å². The average Bonchev–Trinajstić information content (AvgIpc) is 2.82. The van der Waals surface area contributed by atoms with E-state index in [0.717, 1.165) is 11.4 Å². The number of halogens is 1. The molecule has 0 fully saturated rings. The molecular formula is C13H10ClN3O. The van der Waals surface area contributed by atoms with Crippen LogP contribution in [0.5, 0.6) is 0 Å². The number of hydrogen-bond donors (Lipinski definition) is 1. The van der Waals surface area contributed by atoms with E-state index in [-0.39, 0.29) is 12.1 Å². The molecule has 0 saturated heterocycles. The number of nitrogens with one attached hydrogen (secondary N) is 1. The van der Waals surface area contributed by atoms with Crippen LogP contribution in [0.3, 0.4) is 0 Å². The van der Waals surface area contributed by atoms with E-state index in [9.17, 15) is 4.91 Å². The second-order valence-corrected chi connectivity index (χ2v) is 4.62. The van der Waals surface area contributed by atoms with Gasteiger partial charge >= 0.3 is 0 Å². The lowest BCUT2D eigenvalue weighted by molar-refractivity contribution is 0.688. The highest BCUT2D eigenvalue weighted by atomic mass is 35.5. The van der Waals surface area contributed by atoms with Crippen molar-refractivity contribution in [2.24, 2.45) is 10.2 Å². The van der Waals surface area contributed by atoms with Crippen LogP contribution in [-0.4, -0.2) is 17.9 Å². The summed E-state index contributed by atoms with van der Waals surface area (Å²) in [6.07, 6.45) is 5.38. The molecule has 0 radical (unpaired) electrons. The number of amidine groups is 1. The zero-order chi connectivity index (χ0) is 12.5. The summed E-state index contributed by atoms with van der Waals surface area (Å²) in [6, 6.07) is 7.52. The zero-order valence-electron chi connectivity index (χ0n) is 9.38. The predicted octanol–water partition coefficient (Wildman–Crippen LogP) is 2.65. The molecule has 1 aliphatic heterocycles. The summed E-state index contributed by atoms with van der Waals surface area (Å²) in [4.78, 5) is 15.1. The fraction of sp³-hybridized carbons (Fsp3) is 0.154. The average molecular weight is 260 g/mol. The molecule has 1 unspecified atom stereocenters. The molecule has 1 aromatic carbocycles. The Kier molecular flexibility index (Phi) is 2.72. The number of hydrogen-bond acceptors (Lipinski definition) is 4. The fourth-order valence-corrected chi connectivity index (χ4v) is 2.20. The molecule has 18 heavy (non-hydrogen) atoms. The van der Waals surface area contributed by atoms with Gasteiger partial charge in [0.2, 0.25) is 0 Å². The minimum atomic E-state index is 0.00776. The van der Waals surface area contributed by atoms with Crippen LogP contribution in [0.2, 0.25) is 5.02 Å². The molecule has 0 saturated carbocycles. The minimum absolute atomic E-state index is 0.00776. The first kappa shape index (κ1) is 11.2. The molecule has 4 nitrogen and oxygen atoms in total. The number of allylic oxidation sites excluding steroid dienone is 1. The molecule has 5 heteroatoms. The first-order valence-electron chi connectivity index (χ1n) is 5.60. The Morgan fingerprint density at radius 3 is 2.78 bits per heavy atom. The highest BCUT2D eigenvalue weighted by molar-refractivity contribution is 6.30. The number of fused-ring (bicyclic) bond motifs is 1. The van der Waals surface area contributed by atoms with Gasteiger partial charge < -0.3 is 5.32 Å². The lowest BCUT2D eigenvalue weighted by atomic mass is 10.0. The van der Waals surface area contributed by atoms with Crippen LogP contribution < -0.4 is 5.32 Å². The van der Waals surface area contributed by atoms with Crippen LogP contribution in [0.1, 0.15) is 5.56 Å². The van der Waals surface area contributed by atoms with Crippen molar-refractivity contribution in [1.29, 1.82) is 0 Å². The van der Waals surface area contributed by atoms with E-state index in [1.54, 1.807) is 12.2 Å². The Bertz CT molecular complexity index is 574. The Morgan fingerprint density at radius 2 is 2.06 bits per heavy atom. The quantitative estimate of drug-likeness (QED) is 0.830. The maximum Gasteiger partial charge on any atom is 0.129 e. The van der Waals surface area contributed by atoms with Crippen LogP contribution in [0.4, 0.5) is 0 Å². The topological polar surface area (TPSA) is 53.8 Å². The molecule has 0 bridgehead atoms. The molecule has 3 rings (SSSR count). The molecule has 1 aromatic rings. The SMILES string of the molecule is O=NC1=CC2NC(c3ccc(Cl)cc3)=N[C@@H]2C=C1. The van der Waals surface area contributed by atoms with Gasteiger partial charge in [0.1, 0.15) is 11.5 Å². The smallest absolute Gasteiger partial charge is 0.129 e. The molecule has 0 spiro atoms. The Morgan fingerprint density at radius 1 is 1.28 bits per heavy atom. The van der Waals surface area contributed by atoms with E-state index in [1.165, 1.54) is 0 Å². The minimum Gasteiger partial charge on any atom is -0.361 e. The lowest BCUT2D eigenvalue weighted by Gasteiger charge is -2.15. The van der Waals surface area contributed by atoms with Crippen LogP contribution in [0.15, 0.2) is 58.4 Å². The van der Waals surface area contributed by atoms with E-state index in [2.05, 4.69) is 15.5 Å². The van der Waals surface area contributed by atoms with Crippen molar-refractivity contribution in [3.05, 3.63) is 63.7 Å². The number of nitroso groups, excluding NO2 is 1. The molecule has 90 valence electrons. The molecule has 0 amide bonds. The van der Waals surface area contributed by atoms with Gasteiger partial charge in [-0.15, -0.1) is 4.91 Å². The van der Waals surface area contributed by atoms with Gasteiger partial charge in [-0.25, -0.2) is 0 Å². The van der Waals surface area contributed by atoms with Crippen molar-refractivity contribution in [2.45, 2.75) is 12.1 Å². The van der Waals surface area contributed by atoms with Gasteiger partial charge in [-0.3, -0.25) is 4.99 Å². The molecule has 1 heterocycles. The maximum atomic E-state index is 10.5. The predicted molar refractivity (Wildman–Crippen MR) is 71.7 cm³/mol. The van der Waals surface area contributed by atoms with Gasteiger partial charge in [0.25, 0.3) is 0 Å². The van der Waals surface area contributed by atoms with Crippen molar-refractivity contribution in [2.75, 3.05) is 0 Å². The highest BCUT2D eigenvalue weighted by Crippen LogP contribution is 2.21. The third kappa shape index (κ3) is 1.95. The van der Waals surface area contributed by atoms with Gasteiger partial charge in [-0.2, -0.15) is 0 Å². The number of benzene rings is 1. The largest absolute Gasteiger partial charge is 0.361 e. The monoisotopic (exact) mass is 259 g/mol. The first-order valence-corrected chi connectivity index (χ1v) is 5.98. The molecule has 2 atom stereocenters. The molecule has 1 N–H and O–H groups in total. The van der Waals surface area contributed by atoms with E-state index >= 15 is 0 Å². The van der Waals surface area contributed by atoms with Crippen LogP contribution in [0, 0.1) is 4.91 Å². The molecule has 1 aliphatic carbocycles. The highest BCUT2D eigenvalue weighted by Gasteiger charge is 2.28. The summed E-state index contributed by atoms with van der Waals surface area (Å²) in [5.74, 6) is 0.815. The summed E-state index contributed by atoms with van der Waals surface area (Å²) in [5, 5.41) is 6.90. The number of aliphatic imine (C=N–C) groups is 1. The van der Waals surface area contributed by atoms with Gasteiger partial charge in [0.15, 0.2) is 0 Å². The summed E-state index contributed by atoms with van der Waals surface area (Å²) < 4.78 is 0. The van der Waals surface area contributed by atoms with E-state index in [1.807, 2.05) is 30.3 Å². The summed E-state index contributed by atoms with van der Waals surface area (Å²) in [6.45, 7) is 0. The Hall–Kier alpha value is -1.94. The van der Waals surface area contributed by atoms with Crippen molar-refractivity contribution < 1.29 is 0 Å². The summed E-state index contributed by atoms with van der Waals surface area (Å²) >= 11 is 5.85. The van der Waals surface area contributed by atoms with Crippen molar-refractivity contribution in [1.82, 2.24) is 5.32 Å². The Labute approximate surface area is 109 Å². The fourth-order valence-electron chi connectivity index (χ4n) is 2.08. The van der Waals surface area contributed by atoms with Crippen LogP contribution in [-0.2, 0) is 0 Å².